The predicted molar refractivity (Wildman–Crippen MR) is 75.3 cm³/mol. The highest BCUT2D eigenvalue weighted by Crippen LogP contribution is 2.34. The first-order valence-electron chi connectivity index (χ1n) is 6.50. The number of nitro benzene ring substituents is 1. The average Bonchev–Trinajstić information content (AvgIpc) is 2.93. The second-order valence-electron chi connectivity index (χ2n) is 4.55. The summed E-state index contributed by atoms with van der Waals surface area (Å²) in [7, 11) is -3.80. The van der Waals surface area contributed by atoms with E-state index in [2.05, 4.69) is 5.32 Å². The maximum absolute atomic E-state index is 12.5. The lowest BCUT2D eigenvalue weighted by Crippen LogP contribution is -2.28. The molecule has 0 aliphatic carbocycles. The van der Waals surface area contributed by atoms with Crippen molar-refractivity contribution in [2.45, 2.75) is 24.7 Å². The van der Waals surface area contributed by atoms with Crippen LogP contribution in [0.4, 0.5) is 11.4 Å². The van der Waals surface area contributed by atoms with Gasteiger partial charge >= 0.3 is 5.69 Å². The number of anilines is 1. The van der Waals surface area contributed by atoms with Crippen molar-refractivity contribution in [2.24, 2.45) is 0 Å². The van der Waals surface area contributed by atoms with Crippen LogP contribution in [0.5, 0.6) is 0 Å². The monoisotopic (exact) mass is 299 g/mol. The van der Waals surface area contributed by atoms with Crippen LogP contribution in [0.25, 0.3) is 0 Å². The molecule has 1 aliphatic rings. The van der Waals surface area contributed by atoms with Crippen LogP contribution in [0.3, 0.4) is 0 Å². The molecule has 1 heterocycles. The number of nitrogens with zero attached hydrogens (tertiary/aromatic N) is 2. The molecule has 0 atom stereocenters. The van der Waals surface area contributed by atoms with Crippen LogP contribution in [0.15, 0.2) is 23.1 Å². The Morgan fingerprint density at radius 3 is 2.55 bits per heavy atom. The molecule has 1 aromatic rings. The van der Waals surface area contributed by atoms with Gasteiger partial charge in [0.2, 0.25) is 10.0 Å². The van der Waals surface area contributed by atoms with Crippen molar-refractivity contribution < 1.29 is 13.3 Å². The summed E-state index contributed by atoms with van der Waals surface area (Å²) in [6.45, 7) is 3.12. The molecule has 1 fully saturated rings. The van der Waals surface area contributed by atoms with Crippen molar-refractivity contribution in [1.82, 2.24) is 4.31 Å². The van der Waals surface area contributed by atoms with Gasteiger partial charge < -0.3 is 5.32 Å². The number of sulfonamides is 1. The Labute approximate surface area is 117 Å². The summed E-state index contributed by atoms with van der Waals surface area (Å²) in [4.78, 5) is 10.4. The first-order chi connectivity index (χ1) is 9.48. The Morgan fingerprint density at radius 2 is 2.00 bits per heavy atom. The fourth-order valence-corrected chi connectivity index (χ4v) is 4.02. The first kappa shape index (κ1) is 14.7. The van der Waals surface area contributed by atoms with Gasteiger partial charge in [-0.1, -0.05) is 6.07 Å². The van der Waals surface area contributed by atoms with E-state index in [9.17, 15) is 18.5 Å². The zero-order valence-corrected chi connectivity index (χ0v) is 12.0. The van der Waals surface area contributed by atoms with E-state index in [0.29, 0.717) is 19.6 Å². The molecule has 0 saturated carbocycles. The lowest BCUT2D eigenvalue weighted by atomic mass is 10.2. The molecular formula is C12H17N3O4S. The average molecular weight is 299 g/mol. The van der Waals surface area contributed by atoms with Gasteiger partial charge in [0.1, 0.15) is 5.69 Å². The van der Waals surface area contributed by atoms with Gasteiger partial charge in [-0.15, -0.1) is 0 Å². The molecule has 1 aliphatic heterocycles. The van der Waals surface area contributed by atoms with Crippen molar-refractivity contribution >= 4 is 21.4 Å². The van der Waals surface area contributed by atoms with Crippen LogP contribution in [-0.4, -0.2) is 37.3 Å². The molecule has 7 nitrogen and oxygen atoms in total. The van der Waals surface area contributed by atoms with E-state index >= 15 is 0 Å². The van der Waals surface area contributed by atoms with E-state index in [1.807, 2.05) is 0 Å². The lowest BCUT2D eigenvalue weighted by molar-refractivity contribution is -0.386. The second kappa shape index (κ2) is 5.76. The van der Waals surface area contributed by atoms with Gasteiger partial charge in [0.05, 0.1) is 4.92 Å². The van der Waals surface area contributed by atoms with Gasteiger partial charge in [-0.25, -0.2) is 8.42 Å². The Balaban J connectivity index is 2.55. The fraction of sp³-hybridized carbons (Fsp3) is 0.500. The Hall–Kier alpha value is -1.67. The van der Waals surface area contributed by atoms with Gasteiger partial charge in [-0.3, -0.25) is 10.1 Å². The maximum Gasteiger partial charge on any atom is 0.312 e. The van der Waals surface area contributed by atoms with Crippen LogP contribution in [0.2, 0.25) is 0 Å². The van der Waals surface area contributed by atoms with Crippen LogP contribution >= 0.6 is 0 Å². The molecule has 2 rings (SSSR count). The van der Waals surface area contributed by atoms with Crippen molar-refractivity contribution in [1.29, 1.82) is 0 Å². The van der Waals surface area contributed by atoms with Gasteiger partial charge in [0, 0.05) is 19.6 Å². The molecule has 0 aromatic heterocycles. The van der Waals surface area contributed by atoms with E-state index in [4.69, 9.17) is 0 Å². The molecule has 1 N–H and O–H groups in total. The molecule has 110 valence electrons. The Kier molecular flexibility index (Phi) is 4.24. The summed E-state index contributed by atoms with van der Waals surface area (Å²) in [6.07, 6.45) is 1.58. The second-order valence-corrected chi connectivity index (χ2v) is 6.46. The van der Waals surface area contributed by atoms with Crippen LogP contribution < -0.4 is 5.32 Å². The molecule has 0 amide bonds. The van der Waals surface area contributed by atoms with Crippen molar-refractivity contribution in [3.63, 3.8) is 0 Å². The smallest absolute Gasteiger partial charge is 0.312 e. The van der Waals surface area contributed by atoms with Crippen molar-refractivity contribution in [3.05, 3.63) is 28.3 Å². The number of para-hydroxylation sites is 1. The molecule has 0 bridgehead atoms. The fourth-order valence-electron chi connectivity index (χ4n) is 2.32. The third-order valence-corrected chi connectivity index (χ3v) is 5.16. The largest absolute Gasteiger partial charge is 0.380 e. The van der Waals surface area contributed by atoms with E-state index < -0.39 is 14.9 Å². The van der Waals surface area contributed by atoms with Crippen molar-refractivity contribution in [3.8, 4) is 0 Å². The molecule has 0 radical (unpaired) electrons. The Morgan fingerprint density at radius 1 is 1.35 bits per heavy atom. The summed E-state index contributed by atoms with van der Waals surface area (Å²) in [5.41, 5.74) is -0.140. The van der Waals surface area contributed by atoms with E-state index in [1.54, 1.807) is 6.92 Å². The molecule has 8 heteroatoms. The zero-order chi connectivity index (χ0) is 14.8. The highest BCUT2D eigenvalue weighted by molar-refractivity contribution is 7.89. The van der Waals surface area contributed by atoms with Gasteiger partial charge in [0.25, 0.3) is 0 Å². The SMILES string of the molecule is CCNc1cccc(S(=O)(=O)N2CCCC2)c1[N+](=O)[O-]. The van der Waals surface area contributed by atoms with E-state index in [1.165, 1.54) is 22.5 Å². The summed E-state index contributed by atoms with van der Waals surface area (Å²) < 4.78 is 26.3. The zero-order valence-electron chi connectivity index (χ0n) is 11.2. The highest BCUT2D eigenvalue weighted by Gasteiger charge is 2.34. The van der Waals surface area contributed by atoms with Crippen LogP contribution in [0, 0.1) is 10.1 Å². The molecule has 20 heavy (non-hydrogen) atoms. The number of hydrogen-bond donors (Lipinski definition) is 1. The van der Waals surface area contributed by atoms with Crippen molar-refractivity contribution in [2.75, 3.05) is 25.0 Å². The lowest BCUT2D eigenvalue weighted by Gasteiger charge is -2.16. The quantitative estimate of drug-likeness (QED) is 0.661. The van der Waals surface area contributed by atoms with Gasteiger partial charge in [-0.2, -0.15) is 4.31 Å². The summed E-state index contributed by atoms with van der Waals surface area (Å²) in [6, 6.07) is 4.34. The number of benzene rings is 1. The minimum Gasteiger partial charge on any atom is -0.380 e. The molecule has 0 spiro atoms. The standard InChI is InChI=1S/C12H17N3O4S/c1-2-13-10-6-5-7-11(12(10)15(16)17)20(18,19)14-8-3-4-9-14/h5-7,13H,2-4,8-9H2,1H3. The summed E-state index contributed by atoms with van der Waals surface area (Å²) >= 11 is 0. The number of nitrogens with one attached hydrogen (secondary N) is 1. The number of hydrogen-bond acceptors (Lipinski definition) is 5. The highest BCUT2D eigenvalue weighted by atomic mass is 32.2. The van der Waals surface area contributed by atoms with Crippen LogP contribution in [0.1, 0.15) is 19.8 Å². The third kappa shape index (κ3) is 2.61. The topological polar surface area (TPSA) is 92.6 Å². The molecule has 1 saturated heterocycles. The normalized spacial score (nSPS) is 16.2. The third-order valence-electron chi connectivity index (χ3n) is 3.23. The summed E-state index contributed by atoms with van der Waals surface area (Å²) in [5, 5.41) is 14.1. The summed E-state index contributed by atoms with van der Waals surface area (Å²) in [5.74, 6) is 0. The van der Waals surface area contributed by atoms with E-state index in [-0.39, 0.29) is 16.3 Å². The van der Waals surface area contributed by atoms with Gasteiger partial charge in [-0.05, 0) is 31.9 Å². The van der Waals surface area contributed by atoms with Crippen LogP contribution in [-0.2, 0) is 10.0 Å². The first-order valence-corrected chi connectivity index (χ1v) is 7.94. The number of nitro groups is 1. The van der Waals surface area contributed by atoms with Gasteiger partial charge in [0.15, 0.2) is 4.90 Å². The number of rotatable bonds is 5. The van der Waals surface area contributed by atoms with E-state index in [0.717, 1.165) is 12.8 Å². The predicted octanol–water partition coefficient (Wildman–Crippen LogP) is 1.81. The molecule has 1 aromatic carbocycles. The molecule has 0 unspecified atom stereocenters. The molecular weight excluding hydrogens is 282 g/mol. The maximum atomic E-state index is 12.5. The minimum absolute atomic E-state index is 0.233. The minimum atomic E-state index is -3.80. The Bertz CT molecular complexity index is 609.